The summed E-state index contributed by atoms with van der Waals surface area (Å²) in [6, 6.07) is 3.81. The maximum atomic E-state index is 12.1. The number of benzene rings is 1. The number of carbonyl (C=O) groups is 1. The highest BCUT2D eigenvalue weighted by molar-refractivity contribution is 5.95. The molecule has 3 N–H and O–H groups in total. The van der Waals surface area contributed by atoms with Gasteiger partial charge in [0, 0.05) is 0 Å². The average molecular weight is 248 g/mol. The van der Waals surface area contributed by atoms with Gasteiger partial charge < -0.3 is 15.8 Å². The van der Waals surface area contributed by atoms with Gasteiger partial charge in [0.2, 0.25) is 5.91 Å². The molecule has 4 nitrogen and oxygen atoms in total. The van der Waals surface area contributed by atoms with Crippen LogP contribution in [-0.4, -0.2) is 18.6 Å². The summed E-state index contributed by atoms with van der Waals surface area (Å²) in [5, 5.41) is 2.90. The van der Waals surface area contributed by atoms with Crippen LogP contribution in [0.1, 0.15) is 24.5 Å². The largest absolute Gasteiger partial charge is 0.397 e. The van der Waals surface area contributed by atoms with Crippen molar-refractivity contribution in [3.8, 4) is 0 Å². The summed E-state index contributed by atoms with van der Waals surface area (Å²) < 4.78 is 5.41. The van der Waals surface area contributed by atoms with Crippen molar-refractivity contribution in [3.63, 3.8) is 0 Å². The van der Waals surface area contributed by atoms with Crippen LogP contribution in [-0.2, 0) is 9.53 Å². The summed E-state index contributed by atoms with van der Waals surface area (Å²) in [5.74, 6) is -0.0738. The van der Waals surface area contributed by atoms with Crippen molar-refractivity contribution in [1.82, 2.24) is 0 Å². The summed E-state index contributed by atoms with van der Waals surface area (Å²) in [5.41, 5.74) is 9.47. The molecule has 0 aliphatic carbocycles. The third-order valence-electron chi connectivity index (χ3n) is 3.49. The summed E-state index contributed by atoms with van der Waals surface area (Å²) in [6.07, 6.45) is 0.939. The molecule has 2 atom stereocenters. The molecule has 4 heteroatoms. The minimum absolute atomic E-state index is 0.00527. The van der Waals surface area contributed by atoms with E-state index in [1.165, 1.54) is 0 Å². The van der Waals surface area contributed by atoms with Gasteiger partial charge in [0.1, 0.15) is 0 Å². The molecule has 1 aromatic carbocycles. The maximum absolute atomic E-state index is 12.1. The second-order valence-corrected chi connectivity index (χ2v) is 5.09. The lowest BCUT2D eigenvalue weighted by Crippen LogP contribution is -2.23. The van der Waals surface area contributed by atoms with E-state index in [1.54, 1.807) is 0 Å². The third kappa shape index (κ3) is 2.64. The van der Waals surface area contributed by atoms with Gasteiger partial charge in [-0.05, 0) is 50.5 Å². The Balaban J connectivity index is 2.09. The Morgan fingerprint density at radius 3 is 2.67 bits per heavy atom. The molecule has 1 saturated heterocycles. The van der Waals surface area contributed by atoms with Gasteiger partial charge in [0.25, 0.3) is 0 Å². The fourth-order valence-corrected chi connectivity index (χ4v) is 2.18. The van der Waals surface area contributed by atoms with Crippen LogP contribution in [0.2, 0.25) is 0 Å². The molecular formula is C14H20N2O2. The number of anilines is 2. The lowest BCUT2D eigenvalue weighted by molar-refractivity contribution is -0.119. The van der Waals surface area contributed by atoms with Crippen molar-refractivity contribution in [2.45, 2.75) is 33.3 Å². The van der Waals surface area contributed by atoms with Gasteiger partial charge in [-0.1, -0.05) is 0 Å². The van der Waals surface area contributed by atoms with Gasteiger partial charge in [-0.2, -0.15) is 0 Å². The van der Waals surface area contributed by atoms with E-state index in [0.29, 0.717) is 18.0 Å². The Kier molecular flexibility index (Phi) is 3.57. The Labute approximate surface area is 108 Å². The van der Waals surface area contributed by atoms with E-state index < -0.39 is 0 Å². The number of nitrogen functional groups attached to an aromatic ring is 1. The van der Waals surface area contributed by atoms with Crippen LogP contribution in [0.15, 0.2) is 12.1 Å². The standard InChI is InChI=1S/C14H20N2O2/c1-8-4-12(15)13(5-9(8)2)16-14(17)11-6-10(3)18-7-11/h4-5,10-11H,6-7,15H2,1-3H3,(H,16,17). The molecule has 0 aromatic heterocycles. The average Bonchev–Trinajstić information content (AvgIpc) is 2.73. The SMILES string of the molecule is Cc1cc(N)c(NC(=O)C2COC(C)C2)cc1C. The van der Waals surface area contributed by atoms with E-state index in [1.807, 2.05) is 32.9 Å². The van der Waals surface area contributed by atoms with Crippen LogP contribution in [0.25, 0.3) is 0 Å². The van der Waals surface area contributed by atoms with Crippen molar-refractivity contribution in [1.29, 1.82) is 0 Å². The van der Waals surface area contributed by atoms with Gasteiger partial charge >= 0.3 is 0 Å². The fraction of sp³-hybridized carbons (Fsp3) is 0.500. The molecule has 1 fully saturated rings. The molecule has 0 radical (unpaired) electrons. The Bertz CT molecular complexity index is 471. The number of ether oxygens (including phenoxy) is 1. The highest BCUT2D eigenvalue weighted by atomic mass is 16.5. The Morgan fingerprint density at radius 2 is 2.06 bits per heavy atom. The molecule has 98 valence electrons. The lowest BCUT2D eigenvalue weighted by Gasteiger charge is -2.13. The topological polar surface area (TPSA) is 64.3 Å². The molecule has 0 spiro atoms. The number of aryl methyl sites for hydroxylation is 2. The highest BCUT2D eigenvalue weighted by Gasteiger charge is 2.28. The predicted octanol–water partition coefficient (Wildman–Crippen LogP) is 2.25. The van der Waals surface area contributed by atoms with Crippen molar-refractivity contribution in [2.24, 2.45) is 5.92 Å². The molecule has 1 aliphatic rings. The first kappa shape index (κ1) is 12.9. The lowest BCUT2D eigenvalue weighted by atomic mass is 10.0. The van der Waals surface area contributed by atoms with E-state index in [4.69, 9.17) is 10.5 Å². The third-order valence-corrected chi connectivity index (χ3v) is 3.49. The summed E-state index contributed by atoms with van der Waals surface area (Å²) >= 11 is 0. The monoisotopic (exact) mass is 248 g/mol. The molecule has 1 aromatic rings. The zero-order valence-corrected chi connectivity index (χ0v) is 11.1. The predicted molar refractivity (Wildman–Crippen MR) is 72.5 cm³/mol. The molecule has 1 amide bonds. The van der Waals surface area contributed by atoms with Crippen molar-refractivity contribution in [2.75, 3.05) is 17.7 Å². The molecular weight excluding hydrogens is 228 g/mol. The molecule has 2 rings (SSSR count). The molecule has 0 saturated carbocycles. The van der Waals surface area contributed by atoms with E-state index in [9.17, 15) is 4.79 Å². The minimum atomic E-state index is -0.0685. The number of carbonyl (C=O) groups excluding carboxylic acids is 1. The number of hydrogen-bond acceptors (Lipinski definition) is 3. The van der Waals surface area contributed by atoms with E-state index >= 15 is 0 Å². The quantitative estimate of drug-likeness (QED) is 0.789. The summed E-state index contributed by atoms with van der Waals surface area (Å²) in [4.78, 5) is 12.1. The minimum Gasteiger partial charge on any atom is -0.397 e. The number of hydrogen-bond donors (Lipinski definition) is 2. The summed E-state index contributed by atoms with van der Waals surface area (Å²) in [7, 11) is 0. The molecule has 1 heterocycles. The molecule has 1 aliphatic heterocycles. The number of nitrogens with two attached hydrogens (primary N) is 1. The van der Waals surface area contributed by atoms with Crippen molar-refractivity contribution >= 4 is 17.3 Å². The Hall–Kier alpha value is -1.55. The first-order valence-corrected chi connectivity index (χ1v) is 6.26. The normalized spacial score (nSPS) is 23.1. The van der Waals surface area contributed by atoms with Crippen LogP contribution >= 0.6 is 0 Å². The number of nitrogens with one attached hydrogen (secondary N) is 1. The van der Waals surface area contributed by atoms with Gasteiger partial charge in [-0.3, -0.25) is 4.79 Å². The second kappa shape index (κ2) is 4.98. The van der Waals surface area contributed by atoms with Crippen LogP contribution < -0.4 is 11.1 Å². The first-order valence-electron chi connectivity index (χ1n) is 6.26. The number of amides is 1. The van der Waals surface area contributed by atoms with Crippen LogP contribution in [0.3, 0.4) is 0 Å². The van der Waals surface area contributed by atoms with Gasteiger partial charge in [0.15, 0.2) is 0 Å². The van der Waals surface area contributed by atoms with Crippen molar-refractivity contribution < 1.29 is 9.53 Å². The van der Waals surface area contributed by atoms with E-state index in [2.05, 4.69) is 5.32 Å². The summed E-state index contributed by atoms with van der Waals surface area (Å²) in [6.45, 7) is 6.49. The van der Waals surface area contributed by atoms with Crippen LogP contribution in [0, 0.1) is 19.8 Å². The van der Waals surface area contributed by atoms with Gasteiger partial charge in [0.05, 0.1) is 30.0 Å². The van der Waals surface area contributed by atoms with Crippen molar-refractivity contribution in [3.05, 3.63) is 23.3 Å². The number of rotatable bonds is 2. The van der Waals surface area contributed by atoms with Gasteiger partial charge in [-0.25, -0.2) is 0 Å². The van der Waals surface area contributed by atoms with E-state index in [0.717, 1.165) is 17.5 Å². The Morgan fingerprint density at radius 1 is 1.39 bits per heavy atom. The van der Waals surface area contributed by atoms with Crippen LogP contribution in [0.5, 0.6) is 0 Å². The maximum Gasteiger partial charge on any atom is 0.229 e. The van der Waals surface area contributed by atoms with Gasteiger partial charge in [-0.15, -0.1) is 0 Å². The first-order chi connectivity index (χ1) is 8.47. The highest BCUT2D eigenvalue weighted by Crippen LogP contribution is 2.25. The molecule has 18 heavy (non-hydrogen) atoms. The zero-order valence-electron chi connectivity index (χ0n) is 11.1. The smallest absolute Gasteiger partial charge is 0.229 e. The fourth-order valence-electron chi connectivity index (χ4n) is 2.18. The van der Waals surface area contributed by atoms with Crippen LogP contribution in [0.4, 0.5) is 11.4 Å². The van der Waals surface area contributed by atoms with E-state index in [-0.39, 0.29) is 17.9 Å². The zero-order chi connectivity index (χ0) is 13.3. The second-order valence-electron chi connectivity index (χ2n) is 5.09. The molecule has 0 bridgehead atoms. The molecule has 2 unspecified atom stereocenters.